The second kappa shape index (κ2) is 23.8. The molecule has 2 aromatic carbocycles. The van der Waals surface area contributed by atoms with Crippen LogP contribution in [0.2, 0.25) is 0 Å². The molecule has 6 nitrogen and oxygen atoms in total. The minimum Gasteiger partial charge on any atom is -0.374 e. The van der Waals surface area contributed by atoms with E-state index in [1.807, 2.05) is 0 Å². The number of hydrogen-bond acceptors (Lipinski definition) is 5. The lowest BCUT2D eigenvalue weighted by atomic mass is 10.1. The van der Waals surface area contributed by atoms with Gasteiger partial charge >= 0.3 is 0 Å². The van der Waals surface area contributed by atoms with Crippen LogP contribution in [0.3, 0.4) is 0 Å². The molecule has 4 rings (SSSR count). The van der Waals surface area contributed by atoms with E-state index in [2.05, 4.69) is 220 Å². The van der Waals surface area contributed by atoms with Crippen molar-refractivity contribution in [2.75, 3.05) is 109 Å². The molecule has 1 aliphatic heterocycles. The summed E-state index contributed by atoms with van der Waals surface area (Å²) in [6.07, 6.45) is 24.8. The van der Waals surface area contributed by atoms with Crippen molar-refractivity contribution in [1.29, 1.82) is 0 Å². The Hall–Kier alpha value is -3.43. The molecule has 1 atom stereocenters. The van der Waals surface area contributed by atoms with E-state index in [4.69, 9.17) is 0 Å². The van der Waals surface area contributed by atoms with Crippen molar-refractivity contribution in [1.82, 2.24) is 4.90 Å². The van der Waals surface area contributed by atoms with Crippen molar-refractivity contribution in [2.45, 2.75) is 59.0 Å². The largest absolute Gasteiger partial charge is 0.374 e. The Balaban J connectivity index is 1.01. The smallest absolute Gasteiger partial charge is 0.169 e. The van der Waals surface area contributed by atoms with Gasteiger partial charge in [-0.25, -0.2) is 4.57 Å². The summed E-state index contributed by atoms with van der Waals surface area (Å²) in [5.74, 6) is 2.48. The molecule has 1 aliphatic rings. The molecule has 1 unspecified atom stereocenters. The van der Waals surface area contributed by atoms with Gasteiger partial charge in [0, 0.05) is 107 Å². The summed E-state index contributed by atoms with van der Waals surface area (Å²) in [4.78, 5) is 7.14. The van der Waals surface area contributed by atoms with E-state index in [1.165, 1.54) is 97.0 Å². The fraction of sp³-hybridized carbons (Fsp3) is 0.490. The number of nitrogens with zero attached hydrogens (tertiary/aromatic N) is 6. The maximum atomic E-state index is 2.40. The number of likely N-dealkylation sites (N-methyl/N-ethyl adjacent to an activating group) is 1. The highest BCUT2D eigenvalue weighted by Crippen LogP contribution is 2.24. The molecule has 0 radical (unpaired) electrons. The van der Waals surface area contributed by atoms with Crippen LogP contribution >= 0.6 is 21.6 Å². The van der Waals surface area contributed by atoms with E-state index >= 15 is 0 Å². The molecule has 8 heteroatoms. The molecule has 0 spiro atoms. The lowest BCUT2D eigenvalue weighted by Crippen LogP contribution is -2.42. The number of aryl methyl sites for hydroxylation is 1. The van der Waals surface area contributed by atoms with Gasteiger partial charge in [0.1, 0.15) is 6.54 Å². The normalized spacial score (nSPS) is 14.9. The SMILES string of the molecule is CCN1C=CC(/C=C/c2ccc(N(C)CCC[N+](C)(C)CCCSSCCC[N+](C)(C)CCCN(C)c3ccc(/C=C/c4cc[n+](CC)cc4)cc3)cc2)=CC1C. The fourth-order valence-corrected chi connectivity index (χ4v) is 9.43. The Labute approximate surface area is 356 Å². The summed E-state index contributed by atoms with van der Waals surface area (Å²) in [7, 11) is 18.2. The highest BCUT2D eigenvalue weighted by Gasteiger charge is 2.17. The Morgan fingerprint density at radius 2 is 1.07 bits per heavy atom. The van der Waals surface area contributed by atoms with Crippen molar-refractivity contribution in [3.8, 4) is 0 Å². The van der Waals surface area contributed by atoms with Gasteiger partial charge < -0.3 is 23.7 Å². The second-order valence-electron chi connectivity index (χ2n) is 17.0. The number of pyridine rings is 1. The molecular formula is C49H75N6S2+3. The van der Waals surface area contributed by atoms with Crippen molar-refractivity contribution in [3.05, 3.63) is 120 Å². The van der Waals surface area contributed by atoms with Crippen LogP contribution in [-0.2, 0) is 6.54 Å². The van der Waals surface area contributed by atoms with Crippen LogP contribution in [0, 0.1) is 0 Å². The Morgan fingerprint density at radius 3 is 1.51 bits per heavy atom. The zero-order chi connectivity index (χ0) is 41.1. The second-order valence-corrected chi connectivity index (χ2v) is 19.7. The summed E-state index contributed by atoms with van der Waals surface area (Å²) >= 11 is 0. The van der Waals surface area contributed by atoms with Crippen LogP contribution in [0.5, 0.6) is 0 Å². The zero-order valence-electron chi connectivity index (χ0n) is 36.9. The van der Waals surface area contributed by atoms with Gasteiger partial charge in [0.05, 0.1) is 54.4 Å². The molecule has 0 fully saturated rings. The molecule has 0 aliphatic carbocycles. The molecule has 3 aromatic rings. The lowest BCUT2D eigenvalue weighted by Gasteiger charge is -2.31. The summed E-state index contributed by atoms with van der Waals surface area (Å²) in [6, 6.07) is 22.7. The number of aromatic nitrogens is 1. The summed E-state index contributed by atoms with van der Waals surface area (Å²) in [5.41, 5.74) is 7.57. The van der Waals surface area contributed by atoms with Gasteiger partial charge in [-0.2, -0.15) is 0 Å². The first kappa shape index (κ1) is 46.3. The predicted molar refractivity (Wildman–Crippen MR) is 256 cm³/mol. The van der Waals surface area contributed by atoms with Gasteiger partial charge in [-0.3, -0.25) is 0 Å². The first-order valence-electron chi connectivity index (χ1n) is 21.4. The highest BCUT2D eigenvalue weighted by atomic mass is 33.1. The van der Waals surface area contributed by atoms with Crippen molar-refractivity contribution in [2.24, 2.45) is 0 Å². The number of allylic oxidation sites excluding steroid dienone is 3. The first-order chi connectivity index (χ1) is 27.4. The maximum Gasteiger partial charge on any atom is 0.169 e. The van der Waals surface area contributed by atoms with Gasteiger partial charge in [-0.15, -0.1) is 0 Å². The fourth-order valence-electron chi connectivity index (χ4n) is 7.28. The molecule has 0 amide bonds. The maximum absolute atomic E-state index is 2.40. The summed E-state index contributed by atoms with van der Waals surface area (Å²) < 4.78 is 4.37. The standard InChI is InChI=1S/C49H75N6S2/c1-10-52-33-28-46(29-34-52)17-16-44-20-24-48(25-21-44)50(4)31-12-36-54(6,7)38-14-40-56-57-41-15-39-55(8,9)37-13-32-51(5)49-26-22-45(23-27-49)18-19-47-30-35-53(11-2)43(3)42-47/h16-30,33-35,42-43H,10-15,31-32,36-41H2,1-9H3/q+3/b19-18+. The lowest BCUT2D eigenvalue weighted by molar-refractivity contribution is -0.890. The van der Waals surface area contributed by atoms with E-state index in [0.29, 0.717) is 6.04 Å². The Morgan fingerprint density at radius 1 is 0.632 bits per heavy atom. The highest BCUT2D eigenvalue weighted by molar-refractivity contribution is 8.76. The van der Waals surface area contributed by atoms with Crippen LogP contribution in [0.25, 0.3) is 18.2 Å². The summed E-state index contributed by atoms with van der Waals surface area (Å²) in [5, 5.41) is 0. The van der Waals surface area contributed by atoms with Crippen LogP contribution in [-0.4, -0.2) is 120 Å². The van der Waals surface area contributed by atoms with E-state index in [9.17, 15) is 0 Å². The van der Waals surface area contributed by atoms with E-state index in [0.717, 1.165) is 35.1 Å². The number of quaternary nitrogens is 2. The Kier molecular flexibility index (Phi) is 19.4. The predicted octanol–water partition coefficient (Wildman–Crippen LogP) is 10.0. The summed E-state index contributed by atoms with van der Waals surface area (Å²) in [6.45, 7) is 15.7. The quantitative estimate of drug-likeness (QED) is 0.0365. The molecule has 0 N–H and O–H groups in total. The van der Waals surface area contributed by atoms with Gasteiger partial charge in [-0.05, 0) is 73.4 Å². The minimum atomic E-state index is 0.448. The van der Waals surface area contributed by atoms with Crippen LogP contribution < -0.4 is 14.4 Å². The molecule has 2 heterocycles. The van der Waals surface area contributed by atoms with Crippen molar-refractivity contribution in [3.63, 3.8) is 0 Å². The van der Waals surface area contributed by atoms with Crippen molar-refractivity contribution < 1.29 is 13.5 Å². The molecule has 0 bridgehead atoms. The molecule has 57 heavy (non-hydrogen) atoms. The van der Waals surface area contributed by atoms with Gasteiger partial charge in [0.15, 0.2) is 12.4 Å². The van der Waals surface area contributed by atoms with Crippen LogP contribution in [0.1, 0.15) is 63.1 Å². The molecule has 0 saturated carbocycles. The molecule has 0 saturated heterocycles. The van der Waals surface area contributed by atoms with Crippen molar-refractivity contribution >= 4 is 51.2 Å². The van der Waals surface area contributed by atoms with E-state index in [1.54, 1.807) is 0 Å². The van der Waals surface area contributed by atoms with Crippen LogP contribution in [0.15, 0.2) is 103 Å². The molecule has 310 valence electrons. The Bertz CT molecular complexity index is 1710. The average Bonchev–Trinajstić information content (AvgIpc) is 3.20. The van der Waals surface area contributed by atoms with Gasteiger partial charge in [0.25, 0.3) is 0 Å². The van der Waals surface area contributed by atoms with Crippen LogP contribution in [0.4, 0.5) is 11.4 Å². The number of benzene rings is 2. The van der Waals surface area contributed by atoms with Gasteiger partial charge in [0.2, 0.25) is 0 Å². The molecule has 1 aromatic heterocycles. The minimum absolute atomic E-state index is 0.448. The number of rotatable bonds is 25. The monoisotopic (exact) mass is 812 g/mol. The third kappa shape index (κ3) is 17.1. The average molecular weight is 812 g/mol. The van der Waals surface area contributed by atoms with Gasteiger partial charge in [-0.1, -0.05) is 76.2 Å². The first-order valence-corrected chi connectivity index (χ1v) is 23.9. The zero-order valence-corrected chi connectivity index (χ0v) is 38.6. The third-order valence-electron chi connectivity index (χ3n) is 11.2. The molecular weight excluding hydrogens is 737 g/mol. The van der Waals surface area contributed by atoms with E-state index < -0.39 is 0 Å². The number of anilines is 2. The number of hydrogen-bond donors (Lipinski definition) is 0. The topological polar surface area (TPSA) is 13.6 Å². The van der Waals surface area contributed by atoms with E-state index in [-0.39, 0.29) is 0 Å². The third-order valence-corrected chi connectivity index (χ3v) is 13.8.